The topological polar surface area (TPSA) is 95.0 Å². The lowest BCUT2D eigenvalue weighted by Gasteiger charge is -2.07. The van der Waals surface area contributed by atoms with Gasteiger partial charge in [-0.2, -0.15) is 10.2 Å². The molecule has 0 fully saturated rings. The molecule has 0 atom stereocenters. The quantitative estimate of drug-likeness (QED) is 0.530. The van der Waals surface area contributed by atoms with Crippen molar-refractivity contribution in [1.29, 1.82) is 0 Å². The van der Waals surface area contributed by atoms with Crippen LogP contribution in [-0.2, 0) is 13.6 Å². The van der Waals surface area contributed by atoms with Crippen molar-refractivity contribution < 1.29 is 13.6 Å². The molecule has 0 radical (unpaired) electrons. The highest BCUT2D eigenvalue weighted by Crippen LogP contribution is 2.19. The first-order valence-electron chi connectivity index (χ1n) is 9.21. The summed E-state index contributed by atoms with van der Waals surface area (Å²) in [5, 5.41) is 11.3. The van der Waals surface area contributed by atoms with E-state index in [1.165, 1.54) is 33.8 Å². The monoisotopic (exact) mass is 407 g/mol. The molecule has 0 saturated heterocycles. The zero-order valence-electron chi connectivity index (χ0n) is 16.1. The molecule has 30 heavy (non-hydrogen) atoms. The summed E-state index contributed by atoms with van der Waals surface area (Å²) in [4.78, 5) is 24.6. The van der Waals surface area contributed by atoms with Crippen LogP contribution in [0.5, 0.6) is 0 Å². The van der Waals surface area contributed by atoms with Crippen molar-refractivity contribution in [1.82, 2.24) is 24.9 Å². The zero-order chi connectivity index (χ0) is 21.1. The molecule has 3 aromatic heterocycles. The van der Waals surface area contributed by atoms with Crippen LogP contribution < -0.4 is 10.9 Å². The number of benzene rings is 1. The van der Waals surface area contributed by atoms with Crippen molar-refractivity contribution in [3.05, 3.63) is 82.7 Å². The van der Waals surface area contributed by atoms with Gasteiger partial charge in [-0.1, -0.05) is 0 Å². The van der Waals surface area contributed by atoms with Gasteiger partial charge in [0.2, 0.25) is 0 Å². The van der Waals surface area contributed by atoms with Gasteiger partial charge in [0.05, 0.1) is 18.5 Å². The molecule has 9 heteroatoms. The largest absolute Gasteiger partial charge is 0.463 e. The average molecular weight is 407 g/mol. The van der Waals surface area contributed by atoms with Crippen LogP contribution in [0, 0.1) is 5.82 Å². The SMILES string of the molecule is Cn1nc(-c2ccc(F)cc2)cc1C(=O)NCCn1nc(-c2ccco2)ccc1=O. The molecular formula is C21H18FN5O3. The summed E-state index contributed by atoms with van der Waals surface area (Å²) in [6.45, 7) is 0.395. The number of aryl methyl sites for hydroxylation is 1. The second kappa shape index (κ2) is 8.16. The number of rotatable bonds is 6. The van der Waals surface area contributed by atoms with Crippen molar-refractivity contribution in [2.75, 3.05) is 6.54 Å². The number of halogens is 1. The summed E-state index contributed by atoms with van der Waals surface area (Å²) in [5.74, 6) is -0.128. The van der Waals surface area contributed by atoms with Crippen LogP contribution in [0.3, 0.4) is 0 Å². The van der Waals surface area contributed by atoms with Gasteiger partial charge >= 0.3 is 0 Å². The van der Waals surface area contributed by atoms with Crippen LogP contribution in [0.2, 0.25) is 0 Å². The molecule has 0 saturated carbocycles. The number of amides is 1. The molecule has 0 aliphatic carbocycles. The highest BCUT2D eigenvalue weighted by molar-refractivity contribution is 5.93. The number of hydrogen-bond acceptors (Lipinski definition) is 5. The van der Waals surface area contributed by atoms with Crippen LogP contribution in [0.4, 0.5) is 4.39 Å². The Bertz CT molecular complexity index is 1230. The van der Waals surface area contributed by atoms with Crippen molar-refractivity contribution in [3.8, 4) is 22.7 Å². The van der Waals surface area contributed by atoms with E-state index in [-0.39, 0.29) is 30.4 Å². The Hall–Kier alpha value is -4.01. The Morgan fingerprint density at radius 2 is 1.90 bits per heavy atom. The molecule has 0 aliphatic rings. The number of carbonyl (C=O) groups excluding carboxylic acids is 1. The summed E-state index contributed by atoms with van der Waals surface area (Å²) in [5.41, 5.74) is 1.86. The smallest absolute Gasteiger partial charge is 0.269 e. The lowest BCUT2D eigenvalue weighted by atomic mass is 10.1. The molecule has 1 N–H and O–H groups in total. The minimum atomic E-state index is -0.340. The van der Waals surface area contributed by atoms with E-state index in [0.29, 0.717) is 28.4 Å². The average Bonchev–Trinajstić information content (AvgIpc) is 3.40. The van der Waals surface area contributed by atoms with E-state index >= 15 is 0 Å². The summed E-state index contributed by atoms with van der Waals surface area (Å²) >= 11 is 0. The lowest BCUT2D eigenvalue weighted by Crippen LogP contribution is -2.32. The molecule has 4 rings (SSSR count). The Morgan fingerprint density at radius 3 is 2.63 bits per heavy atom. The van der Waals surface area contributed by atoms with Gasteiger partial charge in [0.25, 0.3) is 11.5 Å². The van der Waals surface area contributed by atoms with E-state index in [9.17, 15) is 14.0 Å². The van der Waals surface area contributed by atoms with Crippen LogP contribution in [-0.4, -0.2) is 32.0 Å². The molecule has 0 spiro atoms. The predicted molar refractivity (Wildman–Crippen MR) is 107 cm³/mol. The maximum atomic E-state index is 13.1. The number of nitrogens with one attached hydrogen (secondary N) is 1. The second-order valence-corrected chi connectivity index (χ2v) is 6.56. The Kier molecular flexibility index (Phi) is 5.25. The lowest BCUT2D eigenvalue weighted by molar-refractivity contribution is 0.0942. The highest BCUT2D eigenvalue weighted by atomic mass is 19.1. The van der Waals surface area contributed by atoms with Gasteiger partial charge in [-0.15, -0.1) is 0 Å². The maximum absolute atomic E-state index is 13.1. The fourth-order valence-corrected chi connectivity index (χ4v) is 2.97. The molecule has 0 bridgehead atoms. The fraction of sp³-hybridized carbons (Fsp3) is 0.143. The normalized spacial score (nSPS) is 10.9. The number of hydrogen-bond donors (Lipinski definition) is 1. The summed E-state index contributed by atoms with van der Waals surface area (Å²) < 4.78 is 21.1. The standard InChI is InChI=1S/C21H18FN5O3/c1-26-18(13-17(24-26)14-4-6-15(22)7-5-14)21(29)23-10-11-27-20(28)9-8-16(25-27)19-3-2-12-30-19/h2-9,12-13H,10-11H2,1H3,(H,23,29). The summed E-state index contributed by atoms with van der Waals surface area (Å²) in [7, 11) is 1.65. The van der Waals surface area contributed by atoms with Gasteiger partial charge in [0, 0.05) is 25.2 Å². The van der Waals surface area contributed by atoms with Crippen molar-refractivity contribution in [2.24, 2.45) is 7.05 Å². The van der Waals surface area contributed by atoms with E-state index in [2.05, 4.69) is 15.5 Å². The first kappa shape index (κ1) is 19.3. The predicted octanol–water partition coefficient (Wildman–Crippen LogP) is 2.47. The minimum absolute atomic E-state index is 0.196. The first-order chi connectivity index (χ1) is 14.5. The summed E-state index contributed by atoms with van der Waals surface area (Å²) in [6.07, 6.45) is 1.53. The Balaban J connectivity index is 1.43. The van der Waals surface area contributed by atoms with E-state index in [0.717, 1.165) is 0 Å². The number of carbonyl (C=O) groups is 1. The molecular weight excluding hydrogens is 389 g/mol. The number of furan rings is 1. The van der Waals surface area contributed by atoms with Gasteiger partial charge in [-0.05, 0) is 48.5 Å². The van der Waals surface area contributed by atoms with E-state index in [4.69, 9.17) is 4.42 Å². The van der Waals surface area contributed by atoms with Gasteiger partial charge < -0.3 is 9.73 Å². The molecule has 1 amide bonds. The molecule has 152 valence electrons. The van der Waals surface area contributed by atoms with Gasteiger partial charge in [-0.3, -0.25) is 14.3 Å². The number of aromatic nitrogens is 4. The molecule has 4 aromatic rings. The molecule has 3 heterocycles. The third kappa shape index (κ3) is 4.04. The van der Waals surface area contributed by atoms with Crippen LogP contribution in [0.15, 0.2) is 70.1 Å². The molecule has 8 nitrogen and oxygen atoms in total. The van der Waals surface area contributed by atoms with Gasteiger partial charge in [0.15, 0.2) is 5.76 Å². The maximum Gasteiger partial charge on any atom is 0.269 e. The zero-order valence-corrected chi connectivity index (χ0v) is 16.1. The molecule has 0 unspecified atom stereocenters. The highest BCUT2D eigenvalue weighted by Gasteiger charge is 2.14. The second-order valence-electron chi connectivity index (χ2n) is 6.56. The Morgan fingerprint density at radius 1 is 1.10 bits per heavy atom. The van der Waals surface area contributed by atoms with Crippen LogP contribution in [0.25, 0.3) is 22.7 Å². The number of nitrogens with zero attached hydrogens (tertiary/aromatic N) is 4. The molecule has 1 aromatic carbocycles. The van der Waals surface area contributed by atoms with Crippen LogP contribution >= 0.6 is 0 Å². The van der Waals surface area contributed by atoms with Gasteiger partial charge in [0.1, 0.15) is 17.2 Å². The molecule has 0 aliphatic heterocycles. The fourth-order valence-electron chi connectivity index (χ4n) is 2.97. The van der Waals surface area contributed by atoms with E-state index in [1.807, 2.05) is 0 Å². The van der Waals surface area contributed by atoms with Crippen LogP contribution in [0.1, 0.15) is 10.5 Å². The summed E-state index contributed by atoms with van der Waals surface area (Å²) in [6, 6.07) is 14.0. The van der Waals surface area contributed by atoms with Gasteiger partial charge in [-0.25, -0.2) is 9.07 Å². The van der Waals surface area contributed by atoms with E-state index in [1.54, 1.807) is 43.4 Å². The van der Waals surface area contributed by atoms with Crippen molar-refractivity contribution >= 4 is 5.91 Å². The van der Waals surface area contributed by atoms with E-state index < -0.39 is 0 Å². The third-order valence-corrected chi connectivity index (χ3v) is 4.50. The first-order valence-corrected chi connectivity index (χ1v) is 9.21. The Labute approximate surface area is 170 Å². The minimum Gasteiger partial charge on any atom is -0.463 e. The third-order valence-electron chi connectivity index (χ3n) is 4.50. The van der Waals surface area contributed by atoms with Crippen molar-refractivity contribution in [3.63, 3.8) is 0 Å². The van der Waals surface area contributed by atoms with Crippen molar-refractivity contribution in [2.45, 2.75) is 6.54 Å².